The van der Waals surface area contributed by atoms with Gasteiger partial charge >= 0.3 is 0 Å². The number of rotatable bonds is 6. The quantitative estimate of drug-likeness (QED) is 0.776. The van der Waals surface area contributed by atoms with E-state index in [9.17, 15) is 4.79 Å². The van der Waals surface area contributed by atoms with Gasteiger partial charge in [-0.05, 0) is 32.9 Å². The molecule has 1 unspecified atom stereocenters. The molecule has 2 heterocycles. The average molecular weight is 370 g/mol. The lowest BCUT2D eigenvalue weighted by atomic mass is 10.2. The van der Waals surface area contributed by atoms with Crippen LogP contribution in [0.1, 0.15) is 39.0 Å². The van der Waals surface area contributed by atoms with E-state index in [1.165, 1.54) is 38.8 Å². The van der Waals surface area contributed by atoms with E-state index < -0.39 is 0 Å². The number of halogens is 2. The molecule has 0 aromatic carbocycles. The highest BCUT2D eigenvalue weighted by atomic mass is 35.5. The Morgan fingerprint density at radius 3 is 2.48 bits per heavy atom. The Bertz CT molecular complexity index is 308. The average Bonchev–Trinajstić information content (AvgIpc) is 2.77. The number of likely N-dealkylation sites (tertiary alicyclic amines) is 1. The normalized spacial score (nSPS) is 22.4. The molecule has 1 N–H and O–H groups in total. The van der Waals surface area contributed by atoms with Crippen molar-refractivity contribution in [2.24, 2.45) is 0 Å². The minimum absolute atomic E-state index is 0. The standard InChI is InChI=1S/C16H31N3O2.2ClH/c1-2-19(11-10-18-8-5-3-4-6-9-18)16(20)13-15-14-17-7-12-21-15;;/h15,17H,2-14H2,1H3;2*1H. The fourth-order valence-corrected chi connectivity index (χ4v) is 3.16. The molecule has 0 aromatic rings. The van der Waals surface area contributed by atoms with Crippen molar-refractivity contribution in [1.29, 1.82) is 0 Å². The van der Waals surface area contributed by atoms with Crippen molar-refractivity contribution in [3.8, 4) is 0 Å². The molecule has 23 heavy (non-hydrogen) atoms. The van der Waals surface area contributed by atoms with Crippen molar-refractivity contribution in [3.63, 3.8) is 0 Å². The minimum atomic E-state index is 0. The molecule has 2 rings (SSSR count). The van der Waals surface area contributed by atoms with Gasteiger partial charge in [0.2, 0.25) is 5.91 Å². The third kappa shape index (κ3) is 8.54. The number of hydrogen-bond donors (Lipinski definition) is 1. The van der Waals surface area contributed by atoms with Gasteiger partial charge in [0.15, 0.2) is 0 Å². The smallest absolute Gasteiger partial charge is 0.225 e. The fourth-order valence-electron chi connectivity index (χ4n) is 3.16. The molecule has 5 nitrogen and oxygen atoms in total. The molecule has 2 saturated heterocycles. The summed E-state index contributed by atoms with van der Waals surface area (Å²) >= 11 is 0. The van der Waals surface area contributed by atoms with Crippen LogP contribution < -0.4 is 5.32 Å². The van der Waals surface area contributed by atoms with E-state index >= 15 is 0 Å². The van der Waals surface area contributed by atoms with Crippen LogP contribution in [0.5, 0.6) is 0 Å². The molecule has 2 aliphatic rings. The Morgan fingerprint density at radius 1 is 1.22 bits per heavy atom. The number of ether oxygens (including phenoxy) is 1. The molecule has 0 saturated carbocycles. The van der Waals surface area contributed by atoms with Gasteiger partial charge in [0, 0.05) is 32.7 Å². The van der Waals surface area contributed by atoms with Crippen LogP contribution in [-0.4, -0.2) is 74.2 Å². The molecule has 0 bridgehead atoms. The monoisotopic (exact) mass is 369 g/mol. The Labute approximate surface area is 153 Å². The molecule has 138 valence electrons. The number of carbonyl (C=O) groups excluding carboxylic acids is 1. The first-order valence-electron chi connectivity index (χ1n) is 8.62. The van der Waals surface area contributed by atoms with E-state index in [-0.39, 0.29) is 36.8 Å². The Morgan fingerprint density at radius 2 is 1.91 bits per heavy atom. The summed E-state index contributed by atoms with van der Waals surface area (Å²) in [6.45, 7) is 9.55. The largest absolute Gasteiger partial charge is 0.375 e. The number of morpholine rings is 1. The third-order valence-electron chi connectivity index (χ3n) is 4.53. The number of hydrogen-bond acceptors (Lipinski definition) is 4. The predicted molar refractivity (Wildman–Crippen MR) is 98.9 cm³/mol. The maximum atomic E-state index is 12.4. The zero-order valence-corrected chi connectivity index (χ0v) is 15.9. The van der Waals surface area contributed by atoms with Gasteiger partial charge in [-0.1, -0.05) is 12.8 Å². The second kappa shape index (κ2) is 13.2. The highest BCUT2D eigenvalue weighted by Crippen LogP contribution is 2.10. The molecule has 1 amide bonds. The lowest BCUT2D eigenvalue weighted by Crippen LogP contribution is -2.44. The highest BCUT2D eigenvalue weighted by molar-refractivity contribution is 5.85. The number of likely N-dealkylation sites (N-methyl/N-ethyl adjacent to an activating group) is 1. The van der Waals surface area contributed by atoms with E-state index in [0.717, 1.165) is 39.3 Å². The van der Waals surface area contributed by atoms with Crippen molar-refractivity contribution in [1.82, 2.24) is 15.1 Å². The summed E-state index contributed by atoms with van der Waals surface area (Å²) in [6.07, 6.45) is 5.90. The summed E-state index contributed by atoms with van der Waals surface area (Å²) < 4.78 is 5.63. The second-order valence-corrected chi connectivity index (χ2v) is 6.13. The fraction of sp³-hybridized carbons (Fsp3) is 0.938. The van der Waals surface area contributed by atoms with Gasteiger partial charge in [-0.15, -0.1) is 24.8 Å². The Hall–Kier alpha value is -0.0700. The van der Waals surface area contributed by atoms with Crippen molar-refractivity contribution in [3.05, 3.63) is 0 Å². The third-order valence-corrected chi connectivity index (χ3v) is 4.53. The SMILES string of the molecule is CCN(CCN1CCCCCC1)C(=O)CC1CNCCO1.Cl.Cl. The molecule has 0 aromatic heterocycles. The molecular formula is C16H33Cl2N3O2. The van der Waals surface area contributed by atoms with E-state index in [4.69, 9.17) is 4.74 Å². The van der Waals surface area contributed by atoms with Gasteiger partial charge in [-0.3, -0.25) is 4.79 Å². The highest BCUT2D eigenvalue weighted by Gasteiger charge is 2.21. The Balaban J connectivity index is 0.00000242. The van der Waals surface area contributed by atoms with E-state index in [1.54, 1.807) is 0 Å². The summed E-state index contributed by atoms with van der Waals surface area (Å²) in [4.78, 5) is 16.9. The maximum Gasteiger partial charge on any atom is 0.225 e. The summed E-state index contributed by atoms with van der Waals surface area (Å²) in [7, 11) is 0. The number of nitrogens with zero attached hydrogens (tertiary/aromatic N) is 2. The van der Waals surface area contributed by atoms with Gasteiger partial charge in [0.25, 0.3) is 0 Å². The van der Waals surface area contributed by atoms with Crippen molar-refractivity contribution in [2.75, 3.05) is 52.4 Å². The van der Waals surface area contributed by atoms with Gasteiger partial charge in [0.05, 0.1) is 19.1 Å². The predicted octanol–water partition coefficient (Wildman–Crippen LogP) is 1.93. The van der Waals surface area contributed by atoms with Crippen LogP contribution >= 0.6 is 24.8 Å². The first kappa shape index (κ1) is 22.9. The molecule has 0 aliphatic carbocycles. The van der Waals surface area contributed by atoms with Crippen LogP contribution in [0.25, 0.3) is 0 Å². The van der Waals surface area contributed by atoms with Gasteiger partial charge in [0.1, 0.15) is 0 Å². The summed E-state index contributed by atoms with van der Waals surface area (Å²) in [5.41, 5.74) is 0. The molecule has 7 heteroatoms. The van der Waals surface area contributed by atoms with Gasteiger partial charge in [-0.25, -0.2) is 0 Å². The maximum absolute atomic E-state index is 12.4. The van der Waals surface area contributed by atoms with Crippen LogP contribution in [0.3, 0.4) is 0 Å². The molecule has 0 radical (unpaired) electrons. The lowest BCUT2D eigenvalue weighted by Gasteiger charge is -2.29. The van der Waals surface area contributed by atoms with Crippen molar-refractivity contribution in [2.45, 2.75) is 45.1 Å². The number of amides is 1. The summed E-state index contributed by atoms with van der Waals surface area (Å²) in [6, 6.07) is 0. The van der Waals surface area contributed by atoms with Crippen LogP contribution in [0.2, 0.25) is 0 Å². The van der Waals surface area contributed by atoms with E-state index in [0.29, 0.717) is 6.42 Å². The minimum Gasteiger partial charge on any atom is -0.375 e. The van der Waals surface area contributed by atoms with Crippen molar-refractivity contribution < 1.29 is 9.53 Å². The molecular weight excluding hydrogens is 337 g/mol. The topological polar surface area (TPSA) is 44.8 Å². The van der Waals surface area contributed by atoms with Gasteiger partial charge in [-0.2, -0.15) is 0 Å². The van der Waals surface area contributed by atoms with E-state index in [2.05, 4.69) is 17.1 Å². The number of carbonyl (C=O) groups is 1. The first-order chi connectivity index (χ1) is 10.3. The van der Waals surface area contributed by atoms with Crippen LogP contribution in [0, 0.1) is 0 Å². The molecule has 2 fully saturated rings. The van der Waals surface area contributed by atoms with Crippen molar-refractivity contribution >= 4 is 30.7 Å². The van der Waals surface area contributed by atoms with E-state index in [1.807, 2.05) is 4.90 Å². The van der Waals surface area contributed by atoms with Crippen LogP contribution in [0.15, 0.2) is 0 Å². The van der Waals surface area contributed by atoms with Gasteiger partial charge < -0.3 is 19.9 Å². The molecule has 0 spiro atoms. The zero-order chi connectivity index (χ0) is 14.9. The lowest BCUT2D eigenvalue weighted by molar-refractivity contribution is -0.134. The summed E-state index contributed by atoms with van der Waals surface area (Å²) in [5.74, 6) is 0.237. The number of nitrogens with one attached hydrogen (secondary N) is 1. The molecule has 1 atom stereocenters. The second-order valence-electron chi connectivity index (χ2n) is 6.13. The molecule has 2 aliphatic heterocycles. The van der Waals surface area contributed by atoms with Crippen LogP contribution in [-0.2, 0) is 9.53 Å². The zero-order valence-electron chi connectivity index (χ0n) is 14.3. The Kier molecular flexibility index (Phi) is 13.2. The van der Waals surface area contributed by atoms with Crippen LogP contribution in [0.4, 0.5) is 0 Å². The first-order valence-corrected chi connectivity index (χ1v) is 8.62. The summed E-state index contributed by atoms with van der Waals surface area (Å²) in [5, 5.41) is 3.28.